The van der Waals surface area contributed by atoms with E-state index in [0.29, 0.717) is 5.02 Å². The molecule has 2 aromatic carbocycles. The molecular weight excluding hydrogens is 428 g/mol. The summed E-state index contributed by atoms with van der Waals surface area (Å²) < 4.78 is 5.46. The van der Waals surface area contributed by atoms with Gasteiger partial charge in [0.05, 0.1) is 13.2 Å². The highest BCUT2D eigenvalue weighted by Gasteiger charge is 2.15. The van der Waals surface area contributed by atoms with Crippen LogP contribution < -0.4 is 10.2 Å². The SMILES string of the molecule is Cc1ccc(Cl)cc1NC(=S)N(CCCN1CCOCC1)Cc1ccc(N(C)C)cc1. The van der Waals surface area contributed by atoms with Gasteiger partial charge in [0, 0.05) is 63.2 Å². The molecule has 5 nitrogen and oxygen atoms in total. The molecule has 0 aromatic heterocycles. The molecule has 0 atom stereocenters. The van der Waals surface area contributed by atoms with Gasteiger partial charge in [0.2, 0.25) is 0 Å². The lowest BCUT2D eigenvalue weighted by Crippen LogP contribution is -2.40. The van der Waals surface area contributed by atoms with Crippen LogP contribution in [0.1, 0.15) is 17.5 Å². The molecule has 31 heavy (non-hydrogen) atoms. The van der Waals surface area contributed by atoms with Gasteiger partial charge >= 0.3 is 0 Å². The van der Waals surface area contributed by atoms with Crippen molar-refractivity contribution in [2.45, 2.75) is 19.9 Å². The summed E-state index contributed by atoms with van der Waals surface area (Å²) in [6.07, 6.45) is 1.05. The second-order valence-corrected chi connectivity index (χ2v) is 9.00. The molecule has 1 aliphatic rings. The Bertz CT molecular complexity index is 853. The van der Waals surface area contributed by atoms with Crippen molar-refractivity contribution in [1.29, 1.82) is 0 Å². The van der Waals surface area contributed by atoms with Crippen molar-refractivity contribution >= 4 is 40.3 Å². The van der Waals surface area contributed by atoms with Crippen LogP contribution in [0.3, 0.4) is 0 Å². The van der Waals surface area contributed by atoms with Gasteiger partial charge in [0.25, 0.3) is 0 Å². The Morgan fingerprint density at radius 3 is 2.52 bits per heavy atom. The topological polar surface area (TPSA) is 31.0 Å². The van der Waals surface area contributed by atoms with E-state index < -0.39 is 0 Å². The van der Waals surface area contributed by atoms with Gasteiger partial charge in [0.1, 0.15) is 0 Å². The van der Waals surface area contributed by atoms with Crippen molar-refractivity contribution in [2.75, 3.05) is 63.7 Å². The number of hydrogen-bond donors (Lipinski definition) is 1. The number of halogens is 1. The molecule has 0 amide bonds. The molecular formula is C24H33ClN4OS. The summed E-state index contributed by atoms with van der Waals surface area (Å²) in [5, 5.41) is 4.85. The first-order valence-electron chi connectivity index (χ1n) is 10.8. The number of aryl methyl sites for hydroxylation is 1. The molecule has 0 aliphatic carbocycles. The number of anilines is 2. The number of hydrogen-bond acceptors (Lipinski definition) is 4. The van der Waals surface area contributed by atoms with Crippen molar-refractivity contribution in [1.82, 2.24) is 9.80 Å². The zero-order valence-electron chi connectivity index (χ0n) is 18.7. The lowest BCUT2D eigenvalue weighted by Gasteiger charge is -2.30. The largest absolute Gasteiger partial charge is 0.379 e. The molecule has 0 saturated carbocycles. The summed E-state index contributed by atoms with van der Waals surface area (Å²) in [6.45, 7) is 8.45. The van der Waals surface area contributed by atoms with Gasteiger partial charge in [-0.2, -0.15) is 0 Å². The smallest absolute Gasteiger partial charge is 0.173 e. The molecule has 2 aromatic rings. The molecule has 0 radical (unpaired) electrons. The zero-order chi connectivity index (χ0) is 22.2. The van der Waals surface area contributed by atoms with Crippen molar-refractivity contribution < 1.29 is 4.74 Å². The Morgan fingerprint density at radius 2 is 1.84 bits per heavy atom. The standard InChI is InChI=1S/C24H33ClN4OS/c1-19-5-8-21(25)17-23(19)26-24(31)29(12-4-11-28-13-15-30-16-14-28)18-20-6-9-22(10-7-20)27(2)3/h5-10,17H,4,11-16,18H2,1-3H3,(H,26,31). The van der Waals surface area contributed by atoms with E-state index >= 15 is 0 Å². The van der Waals surface area contributed by atoms with Crippen LogP contribution in [0.15, 0.2) is 42.5 Å². The number of benzene rings is 2. The quantitative estimate of drug-likeness (QED) is 0.578. The fraction of sp³-hybridized carbons (Fsp3) is 0.458. The molecule has 0 spiro atoms. The van der Waals surface area contributed by atoms with Crippen LogP contribution in [0.4, 0.5) is 11.4 Å². The average molecular weight is 461 g/mol. The maximum atomic E-state index is 6.20. The van der Waals surface area contributed by atoms with Gasteiger partial charge in [-0.1, -0.05) is 29.8 Å². The second-order valence-electron chi connectivity index (χ2n) is 8.18. The minimum Gasteiger partial charge on any atom is -0.379 e. The fourth-order valence-corrected chi connectivity index (χ4v) is 4.04. The Balaban J connectivity index is 1.67. The predicted octanol–water partition coefficient (Wildman–Crippen LogP) is 4.64. The van der Waals surface area contributed by atoms with Crippen molar-refractivity contribution in [2.24, 2.45) is 0 Å². The van der Waals surface area contributed by atoms with E-state index in [9.17, 15) is 0 Å². The summed E-state index contributed by atoms with van der Waals surface area (Å²) >= 11 is 12.0. The van der Waals surface area contributed by atoms with E-state index in [1.165, 1.54) is 11.3 Å². The fourth-order valence-electron chi connectivity index (χ4n) is 3.61. The van der Waals surface area contributed by atoms with Crippen LogP contribution in [-0.2, 0) is 11.3 Å². The Kier molecular flexibility index (Phi) is 8.96. The summed E-state index contributed by atoms with van der Waals surface area (Å²) in [6, 6.07) is 14.5. The lowest BCUT2D eigenvalue weighted by molar-refractivity contribution is 0.0368. The molecule has 3 rings (SSSR count). The van der Waals surface area contributed by atoms with Gasteiger partial charge in [-0.05, 0) is 61.0 Å². The van der Waals surface area contributed by atoms with Gasteiger partial charge in [0.15, 0.2) is 5.11 Å². The lowest BCUT2D eigenvalue weighted by atomic mass is 10.2. The minimum absolute atomic E-state index is 0.703. The highest BCUT2D eigenvalue weighted by atomic mass is 35.5. The number of ether oxygens (including phenoxy) is 1. The highest BCUT2D eigenvalue weighted by Crippen LogP contribution is 2.21. The number of thiocarbonyl (C=S) groups is 1. The van der Waals surface area contributed by atoms with Crippen LogP contribution in [0.5, 0.6) is 0 Å². The van der Waals surface area contributed by atoms with Crippen molar-refractivity contribution in [3.8, 4) is 0 Å². The maximum absolute atomic E-state index is 6.20. The summed E-state index contributed by atoms with van der Waals surface area (Å²) in [7, 11) is 4.11. The van der Waals surface area contributed by atoms with Crippen LogP contribution in [0, 0.1) is 6.92 Å². The van der Waals surface area contributed by atoms with E-state index in [-0.39, 0.29) is 0 Å². The van der Waals surface area contributed by atoms with Crippen molar-refractivity contribution in [3.63, 3.8) is 0 Å². The van der Waals surface area contributed by atoms with Gasteiger partial charge < -0.3 is 19.9 Å². The second kappa shape index (κ2) is 11.7. The van der Waals surface area contributed by atoms with E-state index in [2.05, 4.69) is 65.3 Å². The van der Waals surface area contributed by atoms with Gasteiger partial charge in [-0.15, -0.1) is 0 Å². The maximum Gasteiger partial charge on any atom is 0.173 e. The normalized spacial score (nSPS) is 14.3. The molecule has 168 valence electrons. The molecule has 1 heterocycles. The van der Waals surface area contributed by atoms with Crippen LogP contribution in [0.2, 0.25) is 5.02 Å². The molecule has 0 bridgehead atoms. The predicted molar refractivity (Wildman–Crippen MR) is 135 cm³/mol. The third-order valence-corrected chi connectivity index (χ3v) is 6.16. The Morgan fingerprint density at radius 1 is 1.13 bits per heavy atom. The van der Waals surface area contributed by atoms with Crippen LogP contribution >= 0.6 is 23.8 Å². The van der Waals surface area contributed by atoms with Gasteiger partial charge in [-0.3, -0.25) is 4.90 Å². The number of morpholine rings is 1. The molecule has 7 heteroatoms. The third-order valence-electron chi connectivity index (χ3n) is 5.56. The van der Waals surface area contributed by atoms with Crippen molar-refractivity contribution in [3.05, 3.63) is 58.6 Å². The highest BCUT2D eigenvalue weighted by molar-refractivity contribution is 7.80. The molecule has 1 saturated heterocycles. The summed E-state index contributed by atoms with van der Waals surface area (Å²) in [5.74, 6) is 0. The number of rotatable bonds is 8. The Labute approximate surface area is 196 Å². The molecule has 1 aliphatic heterocycles. The molecule has 0 unspecified atom stereocenters. The molecule has 1 fully saturated rings. The van der Waals surface area contributed by atoms with E-state index in [0.717, 1.165) is 68.7 Å². The first-order chi connectivity index (χ1) is 14.9. The summed E-state index contributed by atoms with van der Waals surface area (Å²) in [4.78, 5) is 6.82. The van der Waals surface area contributed by atoms with E-state index in [1.807, 2.05) is 18.2 Å². The number of nitrogens with one attached hydrogen (secondary N) is 1. The molecule has 1 N–H and O–H groups in total. The third kappa shape index (κ3) is 7.35. The Hall–Kier alpha value is -1.86. The van der Waals surface area contributed by atoms with Crippen LogP contribution in [0.25, 0.3) is 0 Å². The minimum atomic E-state index is 0.703. The summed E-state index contributed by atoms with van der Waals surface area (Å²) in [5.41, 5.74) is 4.51. The van der Waals surface area contributed by atoms with E-state index in [1.54, 1.807) is 0 Å². The van der Waals surface area contributed by atoms with E-state index in [4.69, 9.17) is 28.6 Å². The first-order valence-corrected chi connectivity index (χ1v) is 11.6. The number of nitrogens with zero attached hydrogens (tertiary/aromatic N) is 3. The monoisotopic (exact) mass is 460 g/mol. The zero-order valence-corrected chi connectivity index (χ0v) is 20.3. The van der Waals surface area contributed by atoms with Crippen LogP contribution in [-0.4, -0.2) is 68.4 Å². The average Bonchev–Trinajstić information content (AvgIpc) is 2.76. The van der Waals surface area contributed by atoms with Gasteiger partial charge in [-0.25, -0.2) is 0 Å². The first kappa shape index (κ1) is 23.8.